The van der Waals surface area contributed by atoms with E-state index in [1.165, 1.54) is 5.57 Å². The van der Waals surface area contributed by atoms with Crippen molar-refractivity contribution in [1.29, 1.82) is 0 Å². The van der Waals surface area contributed by atoms with E-state index in [1.807, 2.05) is 24.6 Å². The molecule has 0 bridgehead atoms. The number of hydrogen-bond acceptors (Lipinski definition) is 2. The molecular formula is C8H13N2O+. The lowest BCUT2D eigenvalue weighted by atomic mass is 10.3. The van der Waals surface area contributed by atoms with Crippen LogP contribution in [0.25, 0.3) is 0 Å². The first kappa shape index (κ1) is 8.04. The van der Waals surface area contributed by atoms with Crippen molar-refractivity contribution in [3.05, 3.63) is 36.2 Å². The van der Waals surface area contributed by atoms with Crippen molar-refractivity contribution >= 4 is 0 Å². The summed E-state index contributed by atoms with van der Waals surface area (Å²) in [5.74, 6) is 0. The lowest BCUT2D eigenvalue weighted by Crippen LogP contribution is -2.75. The number of hydroxylamine groups is 1. The van der Waals surface area contributed by atoms with Crippen LogP contribution in [0.3, 0.4) is 0 Å². The zero-order valence-corrected chi connectivity index (χ0v) is 6.58. The molecule has 11 heavy (non-hydrogen) atoms. The Bertz CT molecular complexity index is 194. The van der Waals surface area contributed by atoms with Crippen LogP contribution in [-0.4, -0.2) is 13.7 Å². The largest absolute Gasteiger partial charge is 0.387 e. The van der Waals surface area contributed by atoms with Gasteiger partial charge in [0.1, 0.15) is 6.20 Å². The summed E-state index contributed by atoms with van der Waals surface area (Å²) in [4.78, 5) is 4.73. The summed E-state index contributed by atoms with van der Waals surface area (Å²) < 4.78 is 0. The molecule has 1 aliphatic heterocycles. The average molecular weight is 153 g/mol. The van der Waals surface area contributed by atoms with Gasteiger partial charge in [-0.05, 0) is 23.9 Å². The van der Waals surface area contributed by atoms with Crippen LogP contribution in [0.1, 0.15) is 0 Å². The number of nitrogens with two attached hydrogens (primary N) is 1. The maximum absolute atomic E-state index is 4.73. The first-order valence-corrected chi connectivity index (χ1v) is 3.55. The van der Waals surface area contributed by atoms with Crippen LogP contribution in [0, 0.1) is 0 Å². The third kappa shape index (κ3) is 3.02. The molecule has 60 valence electrons. The summed E-state index contributed by atoms with van der Waals surface area (Å²) in [5, 5.41) is 3.09. The lowest BCUT2D eigenvalue weighted by Gasteiger charge is -1.88. The molecule has 3 heteroatoms. The third-order valence-electron chi connectivity index (χ3n) is 1.36. The molecule has 1 heterocycles. The Labute approximate surface area is 66.4 Å². The Morgan fingerprint density at radius 1 is 1.73 bits per heavy atom. The average Bonchev–Trinajstić information content (AvgIpc) is 2.50. The summed E-state index contributed by atoms with van der Waals surface area (Å²) in [5.41, 5.74) is 2.93. The number of hydrogen-bond donors (Lipinski definition) is 2. The predicted molar refractivity (Wildman–Crippen MR) is 43.3 cm³/mol. The van der Waals surface area contributed by atoms with Crippen LogP contribution in [-0.2, 0) is 4.84 Å². The molecule has 0 aromatic rings. The Balaban J connectivity index is 2.28. The van der Waals surface area contributed by atoms with E-state index in [4.69, 9.17) is 4.84 Å². The molecule has 3 nitrogen and oxygen atoms in total. The SMILES string of the molecule is CO[NH2+]/C=C\C=C1\C=CNC1. The van der Waals surface area contributed by atoms with Gasteiger partial charge in [0.2, 0.25) is 0 Å². The van der Waals surface area contributed by atoms with Gasteiger partial charge in [-0.3, -0.25) is 0 Å². The van der Waals surface area contributed by atoms with Crippen molar-refractivity contribution in [3.8, 4) is 0 Å². The highest BCUT2D eigenvalue weighted by Crippen LogP contribution is 1.99. The standard InChI is InChI=1S/C8H12N2O/c1-11-10-5-2-3-8-4-6-9-7-8/h2-6,9-10H,7H2,1H3/p+1/b5-2-,8-3-. The minimum Gasteiger partial charge on any atom is -0.387 e. The smallest absolute Gasteiger partial charge is 0.125 e. The number of nitrogens with one attached hydrogen (secondary N) is 1. The monoisotopic (exact) mass is 153 g/mol. The van der Waals surface area contributed by atoms with Gasteiger partial charge in [-0.1, -0.05) is 6.08 Å². The topological polar surface area (TPSA) is 37.9 Å². The van der Waals surface area contributed by atoms with Gasteiger partial charge in [0.15, 0.2) is 0 Å². The molecule has 0 fully saturated rings. The predicted octanol–water partition coefficient (Wildman–Crippen LogP) is -0.332. The summed E-state index contributed by atoms with van der Waals surface area (Å²) >= 11 is 0. The minimum absolute atomic E-state index is 0.928. The Morgan fingerprint density at radius 2 is 2.64 bits per heavy atom. The lowest BCUT2D eigenvalue weighted by molar-refractivity contribution is -0.842. The molecule has 0 spiro atoms. The Hall–Kier alpha value is -1.06. The quantitative estimate of drug-likeness (QED) is 0.545. The van der Waals surface area contributed by atoms with Gasteiger partial charge in [0.05, 0.1) is 7.11 Å². The van der Waals surface area contributed by atoms with Crippen LogP contribution < -0.4 is 10.8 Å². The summed E-state index contributed by atoms with van der Waals surface area (Å²) in [6.45, 7) is 0.928. The minimum atomic E-state index is 0.928. The van der Waals surface area contributed by atoms with Crippen molar-refractivity contribution in [1.82, 2.24) is 5.32 Å². The fraction of sp³-hybridized carbons (Fsp3) is 0.250. The van der Waals surface area contributed by atoms with Gasteiger partial charge in [0, 0.05) is 6.54 Å². The van der Waals surface area contributed by atoms with E-state index >= 15 is 0 Å². The van der Waals surface area contributed by atoms with Crippen LogP contribution in [0.4, 0.5) is 0 Å². The van der Waals surface area contributed by atoms with Crippen molar-refractivity contribution in [2.75, 3.05) is 13.7 Å². The van der Waals surface area contributed by atoms with E-state index in [1.54, 1.807) is 12.6 Å². The van der Waals surface area contributed by atoms with Crippen molar-refractivity contribution in [2.45, 2.75) is 0 Å². The molecule has 0 atom stereocenters. The molecule has 0 saturated carbocycles. The molecule has 0 aromatic heterocycles. The zero-order chi connectivity index (χ0) is 7.94. The highest BCUT2D eigenvalue weighted by atomic mass is 16.6. The highest BCUT2D eigenvalue weighted by Gasteiger charge is 1.93. The van der Waals surface area contributed by atoms with Gasteiger partial charge in [0.25, 0.3) is 0 Å². The Kier molecular flexibility index (Phi) is 3.44. The molecular weight excluding hydrogens is 140 g/mol. The van der Waals surface area contributed by atoms with Crippen molar-refractivity contribution < 1.29 is 10.3 Å². The summed E-state index contributed by atoms with van der Waals surface area (Å²) in [6.07, 6.45) is 9.86. The number of quaternary nitrogens is 1. The van der Waals surface area contributed by atoms with Gasteiger partial charge in [-0.2, -0.15) is 5.48 Å². The molecule has 0 radical (unpaired) electrons. The van der Waals surface area contributed by atoms with Crippen LogP contribution in [0.15, 0.2) is 36.2 Å². The summed E-state index contributed by atoms with van der Waals surface area (Å²) in [7, 11) is 1.63. The second-order valence-corrected chi connectivity index (χ2v) is 2.21. The molecule has 3 N–H and O–H groups in total. The fourth-order valence-electron chi connectivity index (χ4n) is 0.819. The molecule has 0 unspecified atom stereocenters. The van der Waals surface area contributed by atoms with Gasteiger partial charge >= 0.3 is 0 Å². The van der Waals surface area contributed by atoms with Gasteiger partial charge in [-0.15, -0.1) is 0 Å². The van der Waals surface area contributed by atoms with Gasteiger partial charge in [-0.25, -0.2) is 4.84 Å². The molecule has 1 aliphatic rings. The third-order valence-corrected chi connectivity index (χ3v) is 1.36. The maximum Gasteiger partial charge on any atom is 0.125 e. The first-order valence-electron chi connectivity index (χ1n) is 3.55. The normalized spacial score (nSPS) is 19.9. The molecule has 0 aromatic carbocycles. The molecule has 0 saturated heterocycles. The van der Waals surface area contributed by atoms with Crippen molar-refractivity contribution in [2.24, 2.45) is 0 Å². The zero-order valence-electron chi connectivity index (χ0n) is 6.58. The molecule has 0 amide bonds. The van der Waals surface area contributed by atoms with E-state index < -0.39 is 0 Å². The number of allylic oxidation sites excluding steroid dienone is 2. The highest BCUT2D eigenvalue weighted by molar-refractivity contribution is 5.28. The van der Waals surface area contributed by atoms with Crippen LogP contribution >= 0.6 is 0 Å². The van der Waals surface area contributed by atoms with Crippen LogP contribution in [0.2, 0.25) is 0 Å². The van der Waals surface area contributed by atoms with E-state index in [9.17, 15) is 0 Å². The van der Waals surface area contributed by atoms with E-state index in [0.29, 0.717) is 0 Å². The van der Waals surface area contributed by atoms with Gasteiger partial charge < -0.3 is 5.32 Å². The Morgan fingerprint density at radius 3 is 3.27 bits per heavy atom. The summed E-state index contributed by atoms with van der Waals surface area (Å²) in [6, 6.07) is 0. The molecule has 0 aliphatic carbocycles. The second kappa shape index (κ2) is 4.71. The van der Waals surface area contributed by atoms with E-state index in [0.717, 1.165) is 6.54 Å². The van der Waals surface area contributed by atoms with E-state index in [2.05, 4.69) is 11.4 Å². The second-order valence-electron chi connectivity index (χ2n) is 2.21. The maximum atomic E-state index is 4.73. The van der Waals surface area contributed by atoms with E-state index in [-0.39, 0.29) is 0 Å². The van der Waals surface area contributed by atoms with Crippen molar-refractivity contribution in [3.63, 3.8) is 0 Å². The first-order chi connectivity index (χ1) is 5.43. The molecule has 1 rings (SSSR count). The number of rotatable bonds is 3. The van der Waals surface area contributed by atoms with Crippen LogP contribution in [0.5, 0.6) is 0 Å². The fourth-order valence-corrected chi connectivity index (χ4v) is 0.819.